The Labute approximate surface area is 199 Å². The number of pyridine rings is 1. The van der Waals surface area contributed by atoms with E-state index in [1.54, 1.807) is 42.3 Å². The molecular formula is C26H29N3O5. The third kappa shape index (κ3) is 7.49. The molecule has 1 atom stereocenters. The second-order valence-corrected chi connectivity index (χ2v) is 8.34. The van der Waals surface area contributed by atoms with Crippen LogP contribution in [0.25, 0.3) is 0 Å². The molecule has 1 saturated heterocycles. The number of benzene rings is 1. The van der Waals surface area contributed by atoms with Crippen LogP contribution in [-0.2, 0) is 25.5 Å². The highest BCUT2D eigenvalue weighted by Gasteiger charge is 2.28. The van der Waals surface area contributed by atoms with E-state index in [4.69, 9.17) is 14.7 Å². The van der Waals surface area contributed by atoms with Crippen molar-refractivity contribution in [2.24, 2.45) is 5.92 Å². The summed E-state index contributed by atoms with van der Waals surface area (Å²) < 4.78 is 10.9. The van der Waals surface area contributed by atoms with Gasteiger partial charge < -0.3 is 14.4 Å². The predicted molar refractivity (Wildman–Crippen MR) is 124 cm³/mol. The molecule has 0 bridgehead atoms. The Bertz CT molecular complexity index is 1010. The molecule has 8 nitrogen and oxygen atoms in total. The monoisotopic (exact) mass is 463 g/mol. The van der Waals surface area contributed by atoms with Gasteiger partial charge in [-0.1, -0.05) is 25.1 Å². The summed E-state index contributed by atoms with van der Waals surface area (Å²) in [7, 11) is 0. The minimum absolute atomic E-state index is 0.0608. The maximum absolute atomic E-state index is 12.8. The lowest BCUT2D eigenvalue weighted by atomic mass is 9.97. The van der Waals surface area contributed by atoms with Gasteiger partial charge in [0, 0.05) is 49.3 Å². The fraction of sp³-hybridized carbons (Fsp3) is 0.423. The first-order chi connectivity index (χ1) is 16.5. The van der Waals surface area contributed by atoms with E-state index in [1.807, 2.05) is 24.3 Å². The number of piperidine rings is 1. The average molecular weight is 464 g/mol. The van der Waals surface area contributed by atoms with Crippen molar-refractivity contribution in [2.45, 2.75) is 38.7 Å². The summed E-state index contributed by atoms with van der Waals surface area (Å²) in [5.74, 6) is -1.03. The number of rotatable bonds is 10. The van der Waals surface area contributed by atoms with Crippen LogP contribution in [0.2, 0.25) is 0 Å². The van der Waals surface area contributed by atoms with E-state index >= 15 is 0 Å². The standard InChI is InChI=1S/C26H29N3O5/c1-19(16-24(30)21-7-5-20(17-27)6-8-21)26(32)29-13-9-23(10-14-29)34-18-25(31)33-15-11-22-4-2-3-12-28-22/h2-8,12,19,23H,9-11,13-16,18H2,1H3/t19-/m1/s1. The van der Waals surface area contributed by atoms with Crippen molar-refractivity contribution in [3.63, 3.8) is 0 Å². The van der Waals surface area contributed by atoms with E-state index in [0.29, 0.717) is 43.5 Å². The Balaban J connectivity index is 1.34. The van der Waals surface area contributed by atoms with Crippen molar-refractivity contribution in [3.05, 3.63) is 65.5 Å². The van der Waals surface area contributed by atoms with Crippen LogP contribution in [0.5, 0.6) is 0 Å². The summed E-state index contributed by atoms with van der Waals surface area (Å²) in [6.07, 6.45) is 3.52. The first-order valence-corrected chi connectivity index (χ1v) is 11.5. The van der Waals surface area contributed by atoms with Gasteiger partial charge in [0.2, 0.25) is 5.91 Å². The molecule has 1 aliphatic rings. The van der Waals surface area contributed by atoms with Crippen molar-refractivity contribution in [3.8, 4) is 6.07 Å². The zero-order valence-electron chi connectivity index (χ0n) is 19.3. The van der Waals surface area contributed by atoms with Crippen molar-refractivity contribution in [1.29, 1.82) is 5.26 Å². The van der Waals surface area contributed by atoms with Gasteiger partial charge in [0.15, 0.2) is 5.78 Å². The summed E-state index contributed by atoms with van der Waals surface area (Å²) in [6, 6.07) is 14.0. The van der Waals surface area contributed by atoms with Crippen LogP contribution in [0.3, 0.4) is 0 Å². The van der Waals surface area contributed by atoms with Crippen LogP contribution < -0.4 is 0 Å². The maximum atomic E-state index is 12.8. The number of nitrogens with zero attached hydrogens (tertiary/aromatic N) is 3. The minimum Gasteiger partial charge on any atom is -0.464 e. The van der Waals surface area contributed by atoms with E-state index in [0.717, 1.165) is 5.69 Å². The van der Waals surface area contributed by atoms with Crippen molar-refractivity contribution >= 4 is 17.7 Å². The van der Waals surface area contributed by atoms with Crippen molar-refractivity contribution in [2.75, 3.05) is 26.3 Å². The molecule has 1 amide bonds. The van der Waals surface area contributed by atoms with Crippen molar-refractivity contribution < 1.29 is 23.9 Å². The molecule has 34 heavy (non-hydrogen) atoms. The third-order valence-electron chi connectivity index (χ3n) is 5.79. The normalized spacial score (nSPS) is 14.8. The predicted octanol–water partition coefficient (Wildman–Crippen LogP) is 2.96. The van der Waals surface area contributed by atoms with Gasteiger partial charge in [-0.3, -0.25) is 14.6 Å². The van der Waals surface area contributed by atoms with E-state index in [1.165, 1.54) is 0 Å². The molecule has 8 heteroatoms. The summed E-state index contributed by atoms with van der Waals surface area (Å²) in [4.78, 5) is 43.1. The largest absolute Gasteiger partial charge is 0.464 e. The molecule has 0 aliphatic carbocycles. The van der Waals surface area contributed by atoms with Crippen molar-refractivity contribution in [1.82, 2.24) is 9.88 Å². The first kappa shape index (κ1) is 25.1. The van der Waals surface area contributed by atoms with Gasteiger partial charge in [-0.2, -0.15) is 5.26 Å². The summed E-state index contributed by atoms with van der Waals surface area (Å²) in [6.45, 7) is 2.94. The second kappa shape index (κ2) is 12.6. The fourth-order valence-electron chi connectivity index (χ4n) is 3.81. The molecule has 1 aromatic carbocycles. The lowest BCUT2D eigenvalue weighted by Crippen LogP contribution is -2.43. The molecule has 0 spiro atoms. The van der Waals surface area contributed by atoms with Gasteiger partial charge in [-0.15, -0.1) is 0 Å². The Morgan fingerprint density at radius 1 is 1.15 bits per heavy atom. The number of hydrogen-bond donors (Lipinski definition) is 0. The van der Waals surface area contributed by atoms with Crippen LogP contribution >= 0.6 is 0 Å². The number of ether oxygens (including phenoxy) is 2. The molecule has 0 radical (unpaired) electrons. The topological polar surface area (TPSA) is 110 Å². The lowest BCUT2D eigenvalue weighted by Gasteiger charge is -2.33. The molecule has 1 aliphatic heterocycles. The number of nitriles is 1. The SMILES string of the molecule is C[C@H](CC(=O)c1ccc(C#N)cc1)C(=O)N1CCC(OCC(=O)OCCc2ccccn2)CC1. The van der Waals surface area contributed by atoms with Gasteiger partial charge in [0.25, 0.3) is 0 Å². The van der Waals surface area contributed by atoms with E-state index < -0.39 is 11.9 Å². The number of amides is 1. The summed E-state index contributed by atoms with van der Waals surface area (Å²) in [5.41, 5.74) is 1.85. The Kier molecular flexibility index (Phi) is 9.30. The molecule has 2 heterocycles. The molecule has 1 aromatic heterocycles. The smallest absolute Gasteiger partial charge is 0.332 e. The maximum Gasteiger partial charge on any atom is 0.332 e. The lowest BCUT2D eigenvalue weighted by molar-refractivity contribution is -0.153. The molecule has 0 saturated carbocycles. The molecule has 0 N–H and O–H groups in total. The number of esters is 1. The molecule has 0 unspecified atom stereocenters. The van der Waals surface area contributed by atoms with Crippen LogP contribution in [0.1, 0.15) is 47.8 Å². The summed E-state index contributed by atoms with van der Waals surface area (Å²) in [5, 5.41) is 8.86. The highest BCUT2D eigenvalue weighted by molar-refractivity contribution is 5.98. The Morgan fingerprint density at radius 3 is 2.53 bits per heavy atom. The molecular weight excluding hydrogens is 434 g/mol. The van der Waals surface area contributed by atoms with Gasteiger partial charge in [0.1, 0.15) is 6.61 Å². The number of carbonyl (C=O) groups is 3. The minimum atomic E-state index is -0.435. The number of likely N-dealkylation sites (tertiary alicyclic amines) is 1. The molecule has 1 fully saturated rings. The number of aromatic nitrogens is 1. The molecule has 178 valence electrons. The Morgan fingerprint density at radius 2 is 1.88 bits per heavy atom. The summed E-state index contributed by atoms with van der Waals surface area (Å²) >= 11 is 0. The number of carbonyl (C=O) groups excluding carboxylic acids is 3. The highest BCUT2D eigenvalue weighted by atomic mass is 16.6. The zero-order valence-corrected chi connectivity index (χ0v) is 19.3. The average Bonchev–Trinajstić information content (AvgIpc) is 2.88. The van der Waals surface area contributed by atoms with Crippen LogP contribution in [0, 0.1) is 17.2 Å². The van der Waals surface area contributed by atoms with E-state index in [9.17, 15) is 14.4 Å². The van der Waals surface area contributed by atoms with Crippen LogP contribution in [-0.4, -0.2) is 60.0 Å². The molecule has 3 rings (SSSR count). The van der Waals surface area contributed by atoms with Gasteiger partial charge in [-0.05, 0) is 37.1 Å². The molecule has 2 aromatic rings. The number of ketones is 1. The first-order valence-electron chi connectivity index (χ1n) is 11.5. The Hall–Kier alpha value is -3.57. The second-order valence-electron chi connectivity index (χ2n) is 8.34. The van der Waals surface area contributed by atoms with Crippen LogP contribution in [0.4, 0.5) is 0 Å². The van der Waals surface area contributed by atoms with Gasteiger partial charge in [0.05, 0.1) is 24.3 Å². The number of Topliss-reactive ketones (excluding diaryl/α,β-unsaturated/α-hetero) is 1. The van der Waals surface area contributed by atoms with E-state index in [2.05, 4.69) is 4.98 Å². The van der Waals surface area contributed by atoms with Crippen LogP contribution in [0.15, 0.2) is 48.7 Å². The van der Waals surface area contributed by atoms with Gasteiger partial charge in [-0.25, -0.2) is 4.79 Å². The third-order valence-corrected chi connectivity index (χ3v) is 5.79. The van der Waals surface area contributed by atoms with Gasteiger partial charge >= 0.3 is 5.97 Å². The highest BCUT2D eigenvalue weighted by Crippen LogP contribution is 2.19. The zero-order chi connectivity index (χ0) is 24.3. The van der Waals surface area contributed by atoms with E-state index in [-0.39, 0.29) is 37.4 Å². The number of hydrogen-bond acceptors (Lipinski definition) is 7. The quantitative estimate of drug-likeness (QED) is 0.394. The fourth-order valence-corrected chi connectivity index (χ4v) is 3.81.